The van der Waals surface area contributed by atoms with Crippen LogP contribution in [0.15, 0.2) is 32.3 Å². The van der Waals surface area contributed by atoms with Crippen LogP contribution in [0.4, 0.5) is 0 Å². The molecule has 0 saturated carbocycles. The van der Waals surface area contributed by atoms with Gasteiger partial charge in [-0.2, -0.15) is 0 Å². The number of carbonyl (C=O) groups excluding carboxylic acids is 1. The van der Waals surface area contributed by atoms with Crippen molar-refractivity contribution in [1.82, 2.24) is 0 Å². The van der Waals surface area contributed by atoms with Crippen LogP contribution >= 0.6 is 15.9 Å². The molecule has 1 aliphatic carbocycles. The average molecular weight is 270 g/mol. The Bertz CT molecular complexity index is 476. The van der Waals surface area contributed by atoms with Crippen molar-refractivity contribution in [2.75, 3.05) is 0 Å². The maximum absolute atomic E-state index is 11.3. The van der Waals surface area contributed by atoms with Crippen LogP contribution in [0.25, 0.3) is 0 Å². The number of nitro groups is 1. The third kappa shape index (κ3) is 1.65. The highest BCUT2D eigenvalue weighted by molar-refractivity contribution is 9.12. The van der Waals surface area contributed by atoms with E-state index in [0.29, 0.717) is 10.2 Å². The number of carbonyl (C=O) groups is 1. The smallest absolute Gasteiger partial charge is 0.271 e. The molecule has 0 bridgehead atoms. The number of hydrogen-bond donors (Lipinski definition) is 0. The third-order valence-corrected chi connectivity index (χ3v) is 2.65. The molecule has 2 aliphatic rings. The van der Waals surface area contributed by atoms with Gasteiger partial charge in [-0.3, -0.25) is 14.9 Å². The van der Waals surface area contributed by atoms with Gasteiger partial charge < -0.3 is 0 Å². The maximum Gasteiger partial charge on any atom is 0.280 e. The fourth-order valence-corrected chi connectivity index (χ4v) is 1.82. The monoisotopic (exact) mass is 269 g/mol. The summed E-state index contributed by atoms with van der Waals surface area (Å²) in [6.45, 7) is 0. The number of fused-ring (bicyclic) bond motifs is 1. The lowest BCUT2D eigenvalue weighted by Crippen LogP contribution is -2.26. The summed E-state index contributed by atoms with van der Waals surface area (Å²) in [5, 5.41) is 10.6. The van der Waals surface area contributed by atoms with Crippen molar-refractivity contribution in [3.63, 3.8) is 0 Å². The molecule has 1 unspecified atom stereocenters. The Morgan fingerprint density at radius 3 is 2.93 bits per heavy atom. The molecule has 0 aromatic rings. The zero-order valence-electron chi connectivity index (χ0n) is 7.25. The van der Waals surface area contributed by atoms with Gasteiger partial charge in [0.1, 0.15) is 12.3 Å². The molecule has 1 aliphatic heterocycles. The van der Waals surface area contributed by atoms with Gasteiger partial charge in [0, 0.05) is 6.08 Å². The normalized spacial score (nSPS) is 23.9. The molecule has 0 aromatic heterocycles. The first-order chi connectivity index (χ1) is 7.09. The summed E-state index contributed by atoms with van der Waals surface area (Å²) in [5.41, 5.74) is 0.330. The van der Waals surface area contributed by atoms with Gasteiger partial charge in [0.2, 0.25) is 0 Å². The fourth-order valence-electron chi connectivity index (χ4n) is 1.31. The lowest BCUT2D eigenvalue weighted by molar-refractivity contribution is -0.420. The molecule has 0 radical (unpaired) electrons. The second kappa shape index (κ2) is 3.50. The van der Waals surface area contributed by atoms with Gasteiger partial charge >= 0.3 is 0 Å². The molecule has 7 heteroatoms. The predicted molar refractivity (Wildman–Crippen MR) is 56.5 cm³/mol. The molecule has 15 heavy (non-hydrogen) atoms. The minimum absolute atomic E-state index is 0.135. The zero-order chi connectivity index (χ0) is 11.0. The molecule has 1 amide bonds. The summed E-state index contributed by atoms with van der Waals surface area (Å²) in [7, 11) is 0. The summed E-state index contributed by atoms with van der Waals surface area (Å²) in [5.74, 6) is -1.16. The van der Waals surface area contributed by atoms with E-state index in [0.717, 1.165) is 6.34 Å². The first-order valence-electron chi connectivity index (χ1n) is 3.97. The summed E-state index contributed by atoms with van der Waals surface area (Å²) in [4.78, 5) is 28.7. The number of allylic oxidation sites excluding steroid dienone is 2. The maximum atomic E-state index is 11.3. The van der Waals surface area contributed by atoms with E-state index in [2.05, 4.69) is 25.9 Å². The number of amides is 1. The van der Waals surface area contributed by atoms with Crippen LogP contribution in [0.2, 0.25) is 0 Å². The van der Waals surface area contributed by atoms with Crippen molar-refractivity contribution >= 4 is 33.9 Å². The molecule has 1 atom stereocenters. The van der Waals surface area contributed by atoms with Gasteiger partial charge in [-0.05, 0) is 22.0 Å². The van der Waals surface area contributed by atoms with Gasteiger partial charge in [-0.15, -0.1) is 0 Å². The van der Waals surface area contributed by atoms with Crippen molar-refractivity contribution < 1.29 is 9.72 Å². The van der Waals surface area contributed by atoms with E-state index < -0.39 is 16.7 Å². The molecule has 0 saturated heterocycles. The minimum atomic E-state index is -0.725. The number of hydrogen-bond acceptors (Lipinski definition) is 4. The Kier molecular flexibility index (Phi) is 2.31. The SMILES string of the molecule is O=C1N=CN=C2C=C(Br)C([N+](=O)[O-])=CC12. The lowest BCUT2D eigenvalue weighted by Gasteiger charge is -2.15. The third-order valence-electron chi connectivity index (χ3n) is 2.02. The zero-order valence-corrected chi connectivity index (χ0v) is 8.84. The second-order valence-corrected chi connectivity index (χ2v) is 3.77. The van der Waals surface area contributed by atoms with E-state index in [1.54, 1.807) is 0 Å². The highest BCUT2D eigenvalue weighted by atomic mass is 79.9. The topological polar surface area (TPSA) is 84.9 Å². The minimum Gasteiger partial charge on any atom is -0.271 e. The Morgan fingerprint density at radius 2 is 2.27 bits per heavy atom. The van der Waals surface area contributed by atoms with Crippen LogP contribution in [0.3, 0.4) is 0 Å². The molecule has 0 fully saturated rings. The van der Waals surface area contributed by atoms with Crippen LogP contribution in [-0.2, 0) is 4.79 Å². The number of halogens is 1. The highest BCUT2D eigenvalue weighted by Gasteiger charge is 2.32. The highest BCUT2D eigenvalue weighted by Crippen LogP contribution is 2.27. The quantitative estimate of drug-likeness (QED) is 0.527. The fraction of sp³-hybridized carbons (Fsp3) is 0.125. The van der Waals surface area contributed by atoms with Gasteiger partial charge in [-0.1, -0.05) is 0 Å². The molecule has 0 aromatic carbocycles. The molecule has 1 heterocycles. The lowest BCUT2D eigenvalue weighted by atomic mass is 9.95. The first kappa shape index (κ1) is 9.91. The summed E-state index contributed by atoms with van der Waals surface area (Å²) >= 11 is 3.05. The Morgan fingerprint density at radius 1 is 1.53 bits per heavy atom. The Labute approximate surface area is 92.4 Å². The molecule has 0 N–H and O–H groups in total. The van der Waals surface area contributed by atoms with E-state index >= 15 is 0 Å². The summed E-state index contributed by atoms with van der Waals surface area (Å²) in [6.07, 6.45) is 3.86. The van der Waals surface area contributed by atoms with E-state index in [1.807, 2.05) is 0 Å². The number of nitrogens with zero attached hydrogens (tertiary/aromatic N) is 3. The first-order valence-corrected chi connectivity index (χ1v) is 4.77. The van der Waals surface area contributed by atoms with Crippen LogP contribution in [0.1, 0.15) is 0 Å². The molecule has 6 nitrogen and oxygen atoms in total. The van der Waals surface area contributed by atoms with Gasteiger partial charge in [0.15, 0.2) is 0 Å². The Hall–Kier alpha value is -1.63. The molecule has 2 rings (SSSR count). The van der Waals surface area contributed by atoms with Crippen molar-refractivity contribution in [3.05, 3.63) is 32.4 Å². The standard InChI is InChI=1S/C8H4BrN3O3/c9-5-2-6-4(1-7(5)12(14)15)8(13)11-3-10-6/h1-4H. The van der Waals surface area contributed by atoms with Crippen LogP contribution in [0.5, 0.6) is 0 Å². The summed E-state index contributed by atoms with van der Waals surface area (Å²) in [6, 6.07) is 0. The molecule has 76 valence electrons. The predicted octanol–water partition coefficient (Wildman–Crippen LogP) is 1.07. The molecule has 0 spiro atoms. The van der Waals surface area contributed by atoms with Gasteiger partial charge in [-0.25, -0.2) is 9.98 Å². The number of rotatable bonds is 1. The van der Waals surface area contributed by atoms with Crippen molar-refractivity contribution in [1.29, 1.82) is 0 Å². The van der Waals surface area contributed by atoms with Crippen LogP contribution in [0, 0.1) is 16.0 Å². The second-order valence-electron chi connectivity index (χ2n) is 2.92. The van der Waals surface area contributed by atoms with Crippen molar-refractivity contribution in [2.24, 2.45) is 15.9 Å². The molecular formula is C8H4BrN3O3. The van der Waals surface area contributed by atoms with Crippen LogP contribution < -0.4 is 0 Å². The van der Waals surface area contributed by atoms with Crippen LogP contribution in [-0.4, -0.2) is 22.9 Å². The Balaban J connectivity index is 2.48. The van der Waals surface area contributed by atoms with E-state index in [-0.39, 0.29) is 5.70 Å². The van der Waals surface area contributed by atoms with E-state index in [4.69, 9.17) is 0 Å². The average Bonchev–Trinajstić information content (AvgIpc) is 2.16. The largest absolute Gasteiger partial charge is 0.280 e. The van der Waals surface area contributed by atoms with E-state index in [9.17, 15) is 14.9 Å². The van der Waals surface area contributed by atoms with Gasteiger partial charge in [0.05, 0.1) is 15.1 Å². The van der Waals surface area contributed by atoms with Gasteiger partial charge in [0.25, 0.3) is 11.6 Å². The van der Waals surface area contributed by atoms with Crippen molar-refractivity contribution in [3.8, 4) is 0 Å². The summed E-state index contributed by atoms with van der Waals surface area (Å²) < 4.78 is 0.311. The van der Waals surface area contributed by atoms with Crippen molar-refractivity contribution in [2.45, 2.75) is 0 Å². The number of aliphatic imine (C=N–C) groups is 2. The van der Waals surface area contributed by atoms with E-state index in [1.165, 1.54) is 12.2 Å². The molecular weight excluding hydrogens is 266 g/mol.